The maximum absolute atomic E-state index is 11.5. The Kier molecular flexibility index (Phi) is 6.76. The second-order valence-corrected chi connectivity index (χ2v) is 4.84. The molecule has 0 aliphatic heterocycles. The summed E-state index contributed by atoms with van der Waals surface area (Å²) in [5, 5.41) is 0. The number of ether oxygens (including phenoxy) is 2. The monoisotopic (exact) mass is 256 g/mol. The van der Waals surface area contributed by atoms with Gasteiger partial charge in [-0.3, -0.25) is 9.59 Å². The Bertz CT molecular complexity index is 247. The first-order valence-electron chi connectivity index (χ1n) is 7.06. The fourth-order valence-electron chi connectivity index (χ4n) is 2.20. The summed E-state index contributed by atoms with van der Waals surface area (Å²) >= 11 is 0. The summed E-state index contributed by atoms with van der Waals surface area (Å²) in [5.74, 6) is -0.359. The van der Waals surface area contributed by atoms with Crippen LogP contribution in [0, 0.1) is 0 Å². The minimum atomic E-state index is -0.237. The zero-order valence-corrected chi connectivity index (χ0v) is 11.4. The van der Waals surface area contributed by atoms with Crippen molar-refractivity contribution in [2.24, 2.45) is 0 Å². The summed E-state index contributed by atoms with van der Waals surface area (Å²) in [6, 6.07) is 0. The second-order valence-electron chi connectivity index (χ2n) is 4.84. The Morgan fingerprint density at radius 1 is 0.889 bits per heavy atom. The highest BCUT2D eigenvalue weighted by atomic mass is 16.6. The van der Waals surface area contributed by atoms with Gasteiger partial charge in [0.2, 0.25) is 0 Å². The molecule has 0 heterocycles. The third kappa shape index (κ3) is 5.07. The summed E-state index contributed by atoms with van der Waals surface area (Å²) in [7, 11) is 0. The molecule has 1 saturated carbocycles. The van der Waals surface area contributed by atoms with Crippen molar-refractivity contribution in [2.45, 2.75) is 77.4 Å². The van der Waals surface area contributed by atoms with Crippen LogP contribution in [-0.2, 0) is 19.1 Å². The topological polar surface area (TPSA) is 52.6 Å². The summed E-state index contributed by atoms with van der Waals surface area (Å²) in [5.41, 5.74) is 0. The summed E-state index contributed by atoms with van der Waals surface area (Å²) in [4.78, 5) is 23.0. The van der Waals surface area contributed by atoms with Gasteiger partial charge in [-0.25, -0.2) is 0 Å². The molecule has 0 bridgehead atoms. The van der Waals surface area contributed by atoms with Gasteiger partial charge in [-0.1, -0.05) is 13.8 Å². The van der Waals surface area contributed by atoms with E-state index < -0.39 is 0 Å². The predicted octanol–water partition coefficient (Wildman–Crippen LogP) is 2.98. The smallest absolute Gasteiger partial charge is 0.306 e. The highest BCUT2D eigenvalue weighted by Gasteiger charge is 2.30. The van der Waals surface area contributed by atoms with E-state index in [4.69, 9.17) is 9.47 Å². The molecule has 4 nitrogen and oxygen atoms in total. The lowest BCUT2D eigenvalue weighted by Crippen LogP contribution is -2.37. The lowest BCUT2D eigenvalue weighted by Gasteiger charge is -2.30. The largest absolute Gasteiger partial charge is 0.458 e. The van der Waals surface area contributed by atoms with Crippen molar-refractivity contribution in [2.75, 3.05) is 0 Å². The van der Waals surface area contributed by atoms with Crippen LogP contribution in [0.15, 0.2) is 0 Å². The van der Waals surface area contributed by atoms with E-state index in [1.54, 1.807) is 0 Å². The predicted molar refractivity (Wildman–Crippen MR) is 68.0 cm³/mol. The van der Waals surface area contributed by atoms with Crippen LogP contribution >= 0.6 is 0 Å². The minimum absolute atomic E-state index is 0.180. The molecule has 1 aliphatic rings. The molecule has 0 aromatic rings. The molecule has 1 rings (SSSR count). The average Bonchev–Trinajstić information content (AvgIpc) is 2.32. The first-order chi connectivity index (χ1) is 8.67. The van der Waals surface area contributed by atoms with Crippen molar-refractivity contribution < 1.29 is 19.1 Å². The first-order valence-corrected chi connectivity index (χ1v) is 7.06. The molecule has 4 heteroatoms. The first kappa shape index (κ1) is 15.0. The molecule has 0 radical (unpaired) electrons. The molecular weight excluding hydrogens is 232 g/mol. The average molecular weight is 256 g/mol. The van der Waals surface area contributed by atoms with Crippen molar-refractivity contribution in [3.05, 3.63) is 0 Å². The van der Waals surface area contributed by atoms with Gasteiger partial charge in [-0.15, -0.1) is 0 Å². The number of carbonyl (C=O) groups excluding carboxylic acids is 2. The fourth-order valence-corrected chi connectivity index (χ4v) is 2.20. The van der Waals surface area contributed by atoms with Crippen LogP contribution in [0.1, 0.15) is 65.2 Å². The van der Waals surface area contributed by atoms with Crippen molar-refractivity contribution in [3.8, 4) is 0 Å². The molecule has 1 fully saturated rings. The van der Waals surface area contributed by atoms with E-state index in [0.29, 0.717) is 12.8 Å². The van der Waals surface area contributed by atoms with Crippen LogP contribution in [-0.4, -0.2) is 24.1 Å². The highest BCUT2D eigenvalue weighted by Crippen LogP contribution is 2.25. The third-order valence-electron chi connectivity index (χ3n) is 3.12. The van der Waals surface area contributed by atoms with E-state index >= 15 is 0 Å². The van der Waals surface area contributed by atoms with Crippen LogP contribution in [0.3, 0.4) is 0 Å². The molecule has 2 atom stereocenters. The molecule has 104 valence electrons. The molecule has 0 amide bonds. The van der Waals surface area contributed by atoms with Crippen molar-refractivity contribution >= 4 is 11.9 Å². The van der Waals surface area contributed by atoms with Crippen LogP contribution in [0.4, 0.5) is 0 Å². The highest BCUT2D eigenvalue weighted by molar-refractivity contribution is 5.70. The van der Waals surface area contributed by atoms with Gasteiger partial charge in [-0.2, -0.15) is 0 Å². The maximum Gasteiger partial charge on any atom is 0.306 e. The normalized spacial score (nSPS) is 23.4. The molecule has 0 spiro atoms. The number of hydrogen-bond acceptors (Lipinski definition) is 4. The number of rotatable bonds is 6. The Balaban J connectivity index is 2.46. The Morgan fingerprint density at radius 2 is 1.28 bits per heavy atom. The van der Waals surface area contributed by atoms with E-state index in [9.17, 15) is 9.59 Å². The SMILES string of the molecule is CCCC(=O)O[C@H]1CCCC[C@@H]1OC(=O)CCC. The molecule has 18 heavy (non-hydrogen) atoms. The van der Waals surface area contributed by atoms with Crippen LogP contribution < -0.4 is 0 Å². The van der Waals surface area contributed by atoms with Crippen molar-refractivity contribution in [1.29, 1.82) is 0 Å². The summed E-state index contributed by atoms with van der Waals surface area (Å²) in [6.45, 7) is 3.89. The Hall–Kier alpha value is -1.06. The molecule has 0 aromatic heterocycles. The summed E-state index contributed by atoms with van der Waals surface area (Å²) in [6.07, 6.45) is 5.64. The lowest BCUT2D eigenvalue weighted by molar-refractivity contribution is -0.171. The van der Waals surface area contributed by atoms with Gasteiger partial charge < -0.3 is 9.47 Å². The number of hydrogen-bond donors (Lipinski definition) is 0. The van der Waals surface area contributed by atoms with Crippen LogP contribution in [0.2, 0.25) is 0 Å². The molecule has 1 aliphatic carbocycles. The fraction of sp³-hybridized carbons (Fsp3) is 0.857. The molecule has 0 N–H and O–H groups in total. The molecule has 0 aromatic carbocycles. The second kappa shape index (κ2) is 8.11. The molecule has 0 unspecified atom stereocenters. The Morgan fingerprint density at radius 3 is 1.61 bits per heavy atom. The Labute approximate surface area is 109 Å². The van der Waals surface area contributed by atoms with Crippen LogP contribution in [0.25, 0.3) is 0 Å². The van der Waals surface area contributed by atoms with Gasteiger partial charge in [0.15, 0.2) is 0 Å². The minimum Gasteiger partial charge on any atom is -0.458 e. The standard InChI is InChI=1S/C14H24O4/c1-3-7-13(15)17-11-9-5-6-10-12(11)18-14(16)8-4-2/h11-12H,3-10H2,1-2H3/t11-,12-/m0/s1. The number of carbonyl (C=O) groups is 2. The van der Waals surface area contributed by atoms with Gasteiger partial charge in [0, 0.05) is 12.8 Å². The van der Waals surface area contributed by atoms with E-state index in [0.717, 1.165) is 38.5 Å². The van der Waals surface area contributed by atoms with E-state index in [1.165, 1.54) is 0 Å². The van der Waals surface area contributed by atoms with Gasteiger partial charge in [-0.05, 0) is 38.5 Å². The lowest BCUT2D eigenvalue weighted by atomic mass is 9.94. The molecule has 0 saturated heterocycles. The van der Waals surface area contributed by atoms with Gasteiger partial charge in [0.25, 0.3) is 0 Å². The van der Waals surface area contributed by atoms with E-state index in [-0.39, 0.29) is 24.1 Å². The molecular formula is C14H24O4. The number of esters is 2. The van der Waals surface area contributed by atoms with Gasteiger partial charge in [0.05, 0.1) is 0 Å². The zero-order chi connectivity index (χ0) is 13.4. The van der Waals surface area contributed by atoms with Crippen LogP contribution in [0.5, 0.6) is 0 Å². The maximum atomic E-state index is 11.5. The van der Waals surface area contributed by atoms with Gasteiger partial charge in [0.1, 0.15) is 12.2 Å². The van der Waals surface area contributed by atoms with Crippen molar-refractivity contribution in [3.63, 3.8) is 0 Å². The third-order valence-corrected chi connectivity index (χ3v) is 3.12. The van der Waals surface area contributed by atoms with E-state index in [1.807, 2.05) is 13.8 Å². The zero-order valence-electron chi connectivity index (χ0n) is 11.4. The van der Waals surface area contributed by atoms with Crippen molar-refractivity contribution in [1.82, 2.24) is 0 Å². The van der Waals surface area contributed by atoms with Gasteiger partial charge >= 0.3 is 11.9 Å². The van der Waals surface area contributed by atoms with E-state index in [2.05, 4.69) is 0 Å². The quantitative estimate of drug-likeness (QED) is 0.685. The summed E-state index contributed by atoms with van der Waals surface area (Å²) < 4.78 is 10.8.